The van der Waals surface area contributed by atoms with E-state index in [0.29, 0.717) is 0 Å². The van der Waals surface area contributed by atoms with Crippen molar-refractivity contribution in [3.05, 3.63) is 58.3 Å². The van der Waals surface area contributed by atoms with Gasteiger partial charge in [-0.15, -0.1) is 11.3 Å². The van der Waals surface area contributed by atoms with Crippen LogP contribution in [-0.4, -0.2) is 54.1 Å². The van der Waals surface area contributed by atoms with Crippen molar-refractivity contribution in [3.63, 3.8) is 0 Å². The molecular weight excluding hydrogens is 332 g/mol. The smallest absolute Gasteiger partial charge is 0.240 e. The molecule has 0 saturated carbocycles. The van der Waals surface area contributed by atoms with Gasteiger partial charge < -0.3 is 9.64 Å². The fourth-order valence-electron chi connectivity index (χ4n) is 4.06. The van der Waals surface area contributed by atoms with Crippen LogP contribution >= 0.6 is 11.3 Å². The summed E-state index contributed by atoms with van der Waals surface area (Å²) in [6.45, 7) is 2.52. The van der Waals surface area contributed by atoms with Crippen LogP contribution in [0.15, 0.2) is 47.8 Å². The Labute approximate surface area is 153 Å². The van der Waals surface area contributed by atoms with Crippen LogP contribution in [0.3, 0.4) is 0 Å². The van der Waals surface area contributed by atoms with E-state index in [1.165, 1.54) is 10.4 Å². The molecule has 1 aromatic carbocycles. The van der Waals surface area contributed by atoms with E-state index in [0.717, 1.165) is 32.5 Å². The average Bonchev–Trinajstić information content (AvgIpc) is 3.29. The lowest BCUT2D eigenvalue weighted by atomic mass is 9.99. The summed E-state index contributed by atoms with van der Waals surface area (Å²) in [7, 11) is 1.75. The molecule has 2 aromatic rings. The van der Waals surface area contributed by atoms with Crippen molar-refractivity contribution in [2.45, 2.75) is 37.6 Å². The molecular formula is C20H24N2O2S. The summed E-state index contributed by atoms with van der Waals surface area (Å²) in [5.74, 6) is 0.260. The van der Waals surface area contributed by atoms with E-state index >= 15 is 0 Å². The highest BCUT2D eigenvalue weighted by molar-refractivity contribution is 7.09. The number of carbonyl (C=O) groups is 1. The number of ether oxygens (including phenoxy) is 1. The Morgan fingerprint density at radius 1 is 1.16 bits per heavy atom. The molecule has 2 aliphatic heterocycles. The highest BCUT2D eigenvalue weighted by atomic mass is 32.1. The van der Waals surface area contributed by atoms with Gasteiger partial charge in [-0.05, 0) is 29.9 Å². The van der Waals surface area contributed by atoms with Crippen LogP contribution in [0.1, 0.15) is 16.9 Å². The lowest BCUT2D eigenvalue weighted by Gasteiger charge is -2.42. The first-order valence-corrected chi connectivity index (χ1v) is 9.76. The molecule has 0 bridgehead atoms. The Kier molecular flexibility index (Phi) is 4.88. The highest BCUT2D eigenvalue weighted by Gasteiger charge is 2.45. The first-order valence-electron chi connectivity index (χ1n) is 8.88. The molecule has 2 saturated heterocycles. The topological polar surface area (TPSA) is 32.8 Å². The number of benzene rings is 1. The average molecular weight is 356 g/mol. The molecule has 0 aliphatic carbocycles. The summed E-state index contributed by atoms with van der Waals surface area (Å²) in [6.07, 6.45) is 1.89. The van der Waals surface area contributed by atoms with Crippen molar-refractivity contribution in [2.24, 2.45) is 0 Å². The lowest BCUT2D eigenvalue weighted by molar-refractivity contribution is -0.144. The van der Waals surface area contributed by atoms with Crippen LogP contribution in [0, 0.1) is 0 Å². The fourth-order valence-corrected chi connectivity index (χ4v) is 4.79. The number of fused-ring (bicyclic) bond motifs is 1. The van der Waals surface area contributed by atoms with Crippen molar-refractivity contribution in [2.75, 3.05) is 20.2 Å². The maximum absolute atomic E-state index is 13.2. The molecule has 4 nitrogen and oxygen atoms in total. The molecule has 132 valence electrons. The molecule has 25 heavy (non-hydrogen) atoms. The number of methoxy groups -OCH3 is 1. The zero-order valence-electron chi connectivity index (χ0n) is 14.5. The van der Waals surface area contributed by atoms with Crippen molar-refractivity contribution in [1.29, 1.82) is 0 Å². The quantitative estimate of drug-likeness (QED) is 0.826. The van der Waals surface area contributed by atoms with Gasteiger partial charge in [-0.1, -0.05) is 36.4 Å². The molecule has 5 heteroatoms. The zero-order chi connectivity index (χ0) is 17.2. The van der Waals surface area contributed by atoms with Gasteiger partial charge in [-0.3, -0.25) is 9.69 Å². The van der Waals surface area contributed by atoms with E-state index in [-0.39, 0.29) is 24.1 Å². The van der Waals surface area contributed by atoms with Gasteiger partial charge in [0, 0.05) is 37.7 Å². The van der Waals surface area contributed by atoms with E-state index in [4.69, 9.17) is 4.74 Å². The van der Waals surface area contributed by atoms with Gasteiger partial charge in [-0.2, -0.15) is 0 Å². The number of hydrogen-bond donors (Lipinski definition) is 0. The minimum absolute atomic E-state index is 0.0867. The van der Waals surface area contributed by atoms with E-state index in [1.807, 2.05) is 18.2 Å². The van der Waals surface area contributed by atoms with Crippen LogP contribution in [0.5, 0.6) is 0 Å². The number of rotatable bonds is 5. The SMILES string of the molecule is CO[C@H]1C[C@H]2CN(Cc3cccs3)[C@@H](Cc3ccccc3)C(=O)N2C1. The van der Waals surface area contributed by atoms with Crippen molar-refractivity contribution in [1.82, 2.24) is 9.80 Å². The van der Waals surface area contributed by atoms with Crippen LogP contribution in [0.4, 0.5) is 0 Å². The minimum atomic E-state index is -0.0867. The van der Waals surface area contributed by atoms with Crippen LogP contribution < -0.4 is 0 Å². The standard InChI is InChI=1S/C20H24N2O2S/c1-24-17-11-16-12-21(14-18-8-5-9-25-18)19(20(23)22(16)13-17)10-15-6-3-2-4-7-15/h2-9,16-17,19H,10-14H2,1H3/t16-,17-,19-/m0/s1. The van der Waals surface area contributed by atoms with Crippen LogP contribution in [0.25, 0.3) is 0 Å². The summed E-state index contributed by atoms with van der Waals surface area (Å²) in [6, 6.07) is 14.8. The first-order chi connectivity index (χ1) is 12.2. The van der Waals surface area contributed by atoms with E-state index in [2.05, 4.69) is 39.4 Å². The summed E-state index contributed by atoms with van der Waals surface area (Å²) < 4.78 is 5.54. The summed E-state index contributed by atoms with van der Waals surface area (Å²) in [4.78, 5) is 19.0. The Hall–Kier alpha value is -1.69. The Balaban J connectivity index is 1.58. The molecule has 3 atom stereocenters. The maximum Gasteiger partial charge on any atom is 0.240 e. The maximum atomic E-state index is 13.2. The third-order valence-corrected chi connectivity index (χ3v) is 6.24. The summed E-state index contributed by atoms with van der Waals surface area (Å²) >= 11 is 1.77. The van der Waals surface area contributed by atoms with Gasteiger partial charge >= 0.3 is 0 Å². The molecule has 2 fully saturated rings. The second kappa shape index (κ2) is 7.28. The monoisotopic (exact) mass is 356 g/mol. The zero-order valence-corrected chi connectivity index (χ0v) is 15.3. The van der Waals surface area contributed by atoms with Crippen LogP contribution in [0.2, 0.25) is 0 Å². The van der Waals surface area contributed by atoms with E-state index in [9.17, 15) is 4.79 Å². The molecule has 0 spiro atoms. The van der Waals surface area contributed by atoms with Crippen molar-refractivity contribution < 1.29 is 9.53 Å². The van der Waals surface area contributed by atoms with Gasteiger partial charge in [0.25, 0.3) is 0 Å². The molecule has 0 N–H and O–H groups in total. The van der Waals surface area contributed by atoms with Gasteiger partial charge in [-0.25, -0.2) is 0 Å². The Morgan fingerprint density at radius 3 is 2.72 bits per heavy atom. The molecule has 1 amide bonds. The predicted molar refractivity (Wildman–Crippen MR) is 99.6 cm³/mol. The molecule has 0 unspecified atom stereocenters. The Morgan fingerprint density at radius 2 is 2.00 bits per heavy atom. The first kappa shape index (κ1) is 16.8. The lowest BCUT2D eigenvalue weighted by Crippen LogP contribution is -2.59. The number of piperazine rings is 1. The van der Waals surface area contributed by atoms with Crippen molar-refractivity contribution >= 4 is 17.2 Å². The minimum Gasteiger partial charge on any atom is -0.380 e. The van der Waals surface area contributed by atoms with Gasteiger partial charge in [0.15, 0.2) is 0 Å². The number of thiophene rings is 1. The Bertz CT molecular complexity index is 704. The number of nitrogens with zero attached hydrogens (tertiary/aromatic N) is 2. The molecule has 1 aromatic heterocycles. The number of hydrogen-bond acceptors (Lipinski definition) is 4. The number of amides is 1. The molecule has 0 radical (unpaired) electrons. The largest absolute Gasteiger partial charge is 0.380 e. The number of carbonyl (C=O) groups excluding carboxylic acids is 1. The van der Waals surface area contributed by atoms with E-state index in [1.54, 1.807) is 18.4 Å². The van der Waals surface area contributed by atoms with Gasteiger partial charge in [0.2, 0.25) is 5.91 Å². The highest BCUT2D eigenvalue weighted by Crippen LogP contribution is 2.30. The second-order valence-corrected chi connectivity index (χ2v) is 7.98. The predicted octanol–water partition coefficient (Wildman–Crippen LogP) is 2.79. The molecule has 2 aliphatic rings. The normalized spacial score (nSPS) is 26.8. The fraction of sp³-hybridized carbons (Fsp3) is 0.450. The van der Waals surface area contributed by atoms with E-state index < -0.39 is 0 Å². The molecule has 4 rings (SSSR count). The van der Waals surface area contributed by atoms with Gasteiger partial charge in [0.05, 0.1) is 12.1 Å². The van der Waals surface area contributed by atoms with Crippen LogP contribution in [-0.2, 0) is 22.5 Å². The molecule has 3 heterocycles. The third kappa shape index (κ3) is 3.50. The van der Waals surface area contributed by atoms with Crippen molar-refractivity contribution in [3.8, 4) is 0 Å². The summed E-state index contributed by atoms with van der Waals surface area (Å²) in [5.41, 5.74) is 1.22. The van der Waals surface area contributed by atoms with Gasteiger partial charge in [0.1, 0.15) is 0 Å². The summed E-state index contributed by atoms with van der Waals surface area (Å²) in [5, 5.41) is 2.11. The third-order valence-electron chi connectivity index (χ3n) is 5.37. The second-order valence-electron chi connectivity index (χ2n) is 6.95.